The molecule has 0 N–H and O–H groups in total. The summed E-state index contributed by atoms with van der Waals surface area (Å²) < 4.78 is 12.2. The largest absolute Gasteiger partial charge is 0.496 e. The molecule has 0 atom stereocenters. The van der Waals surface area contributed by atoms with Crippen LogP contribution in [0, 0.1) is 13.8 Å². The van der Waals surface area contributed by atoms with Crippen molar-refractivity contribution >= 4 is 0 Å². The number of hydrogen-bond acceptors (Lipinski definition) is 4. The van der Waals surface area contributed by atoms with E-state index >= 15 is 0 Å². The second-order valence-corrected chi connectivity index (χ2v) is 5.39. The number of rotatable bonds is 4. The summed E-state index contributed by atoms with van der Waals surface area (Å²) in [7, 11) is 1.63. The number of hydrogen-bond donors (Lipinski definition) is 0. The molecule has 0 aliphatic heterocycles. The van der Waals surface area contributed by atoms with Gasteiger partial charge in [0.25, 0.3) is 5.56 Å². The van der Waals surface area contributed by atoms with Gasteiger partial charge in [-0.05, 0) is 26.0 Å². The van der Waals surface area contributed by atoms with Crippen molar-refractivity contribution in [3.8, 4) is 16.9 Å². The molecule has 5 nitrogen and oxygen atoms in total. The average Bonchev–Trinajstić information content (AvgIpc) is 2.89. The van der Waals surface area contributed by atoms with Gasteiger partial charge in [-0.15, -0.1) is 0 Å². The maximum atomic E-state index is 12.2. The molecule has 0 spiro atoms. The lowest BCUT2D eigenvalue weighted by Crippen LogP contribution is -2.19. The molecule has 3 rings (SSSR count). The minimum Gasteiger partial charge on any atom is -0.496 e. The first kappa shape index (κ1) is 15.1. The first-order valence-electron chi connectivity index (χ1n) is 7.36. The van der Waals surface area contributed by atoms with Crippen molar-refractivity contribution in [2.75, 3.05) is 7.11 Å². The SMILES string of the molecule is COc1ccccc1Cn1cc(-c2c(C)noc2C)ccc1=O. The first-order chi connectivity index (χ1) is 11.1. The van der Waals surface area contributed by atoms with E-state index in [4.69, 9.17) is 9.26 Å². The van der Waals surface area contributed by atoms with Gasteiger partial charge in [-0.2, -0.15) is 0 Å². The molecule has 0 amide bonds. The quantitative estimate of drug-likeness (QED) is 0.742. The summed E-state index contributed by atoms with van der Waals surface area (Å²) in [5, 5.41) is 3.97. The molecular formula is C18H18N2O3. The van der Waals surface area contributed by atoms with Crippen molar-refractivity contribution in [3.05, 3.63) is 70.0 Å². The van der Waals surface area contributed by atoms with Crippen LogP contribution in [-0.2, 0) is 6.54 Å². The fourth-order valence-electron chi connectivity index (χ4n) is 2.72. The van der Waals surface area contributed by atoms with Crippen LogP contribution in [0.25, 0.3) is 11.1 Å². The molecule has 0 saturated heterocycles. The van der Waals surface area contributed by atoms with E-state index in [0.29, 0.717) is 6.54 Å². The van der Waals surface area contributed by atoms with E-state index in [1.54, 1.807) is 23.8 Å². The number of benzene rings is 1. The lowest BCUT2D eigenvalue weighted by Gasteiger charge is -2.11. The molecule has 0 unspecified atom stereocenters. The van der Waals surface area contributed by atoms with Gasteiger partial charge < -0.3 is 13.8 Å². The van der Waals surface area contributed by atoms with Crippen molar-refractivity contribution in [3.63, 3.8) is 0 Å². The molecule has 0 aliphatic rings. The average molecular weight is 310 g/mol. The van der Waals surface area contributed by atoms with Gasteiger partial charge in [-0.1, -0.05) is 23.4 Å². The molecule has 2 heterocycles. The predicted octanol–water partition coefficient (Wildman–Crippen LogP) is 3.18. The predicted molar refractivity (Wildman–Crippen MR) is 87.8 cm³/mol. The number of ether oxygens (including phenoxy) is 1. The molecule has 0 bridgehead atoms. The molecule has 0 aliphatic carbocycles. The highest BCUT2D eigenvalue weighted by atomic mass is 16.5. The van der Waals surface area contributed by atoms with E-state index in [9.17, 15) is 4.79 Å². The van der Waals surface area contributed by atoms with E-state index < -0.39 is 0 Å². The molecular weight excluding hydrogens is 292 g/mol. The summed E-state index contributed by atoms with van der Waals surface area (Å²) >= 11 is 0. The van der Waals surface area contributed by atoms with Gasteiger partial charge >= 0.3 is 0 Å². The van der Waals surface area contributed by atoms with Crippen molar-refractivity contribution in [2.45, 2.75) is 20.4 Å². The van der Waals surface area contributed by atoms with Crippen LogP contribution >= 0.6 is 0 Å². The highest BCUT2D eigenvalue weighted by Crippen LogP contribution is 2.26. The molecule has 0 radical (unpaired) electrons. The Bertz CT molecular complexity index is 874. The lowest BCUT2D eigenvalue weighted by atomic mass is 10.1. The number of aryl methyl sites for hydroxylation is 2. The van der Waals surface area contributed by atoms with E-state index in [0.717, 1.165) is 33.9 Å². The summed E-state index contributed by atoms with van der Waals surface area (Å²) in [6, 6.07) is 11.0. The van der Waals surface area contributed by atoms with Gasteiger partial charge in [0.1, 0.15) is 11.5 Å². The summed E-state index contributed by atoms with van der Waals surface area (Å²) in [6.45, 7) is 4.20. The van der Waals surface area contributed by atoms with Gasteiger partial charge in [0, 0.05) is 29.0 Å². The summed E-state index contributed by atoms with van der Waals surface area (Å²) in [4.78, 5) is 12.2. The third-order valence-electron chi connectivity index (χ3n) is 3.84. The summed E-state index contributed by atoms with van der Waals surface area (Å²) in [5.74, 6) is 1.51. The number of nitrogens with zero attached hydrogens (tertiary/aromatic N) is 2. The zero-order chi connectivity index (χ0) is 16.4. The van der Waals surface area contributed by atoms with Gasteiger partial charge in [0.05, 0.1) is 19.3 Å². The van der Waals surface area contributed by atoms with Gasteiger partial charge in [0.2, 0.25) is 0 Å². The third kappa shape index (κ3) is 2.90. The Hall–Kier alpha value is -2.82. The van der Waals surface area contributed by atoms with Crippen LogP contribution in [0.3, 0.4) is 0 Å². The van der Waals surface area contributed by atoms with E-state index in [1.165, 1.54) is 0 Å². The van der Waals surface area contributed by atoms with Crippen molar-refractivity contribution < 1.29 is 9.26 Å². The van der Waals surface area contributed by atoms with Crippen molar-refractivity contribution in [2.24, 2.45) is 0 Å². The monoisotopic (exact) mass is 310 g/mol. The van der Waals surface area contributed by atoms with Crippen molar-refractivity contribution in [1.82, 2.24) is 9.72 Å². The topological polar surface area (TPSA) is 57.3 Å². The van der Waals surface area contributed by atoms with Crippen LogP contribution in [0.1, 0.15) is 17.0 Å². The lowest BCUT2D eigenvalue weighted by molar-refractivity contribution is 0.393. The fourth-order valence-corrected chi connectivity index (χ4v) is 2.72. The van der Waals surface area contributed by atoms with Gasteiger partial charge in [-0.3, -0.25) is 4.79 Å². The Morgan fingerprint density at radius 3 is 2.65 bits per heavy atom. The Morgan fingerprint density at radius 1 is 1.17 bits per heavy atom. The molecule has 0 saturated carbocycles. The van der Waals surface area contributed by atoms with Crippen LogP contribution in [-0.4, -0.2) is 16.8 Å². The highest BCUT2D eigenvalue weighted by molar-refractivity contribution is 5.66. The Balaban J connectivity index is 2.04. The first-order valence-corrected chi connectivity index (χ1v) is 7.36. The minimum atomic E-state index is -0.0635. The van der Waals surface area contributed by atoms with Crippen LogP contribution in [0.15, 0.2) is 51.9 Å². The van der Waals surface area contributed by atoms with Crippen molar-refractivity contribution in [1.29, 1.82) is 0 Å². The second-order valence-electron chi connectivity index (χ2n) is 5.39. The van der Waals surface area contributed by atoms with E-state index in [2.05, 4.69) is 5.16 Å². The standard InChI is InChI=1S/C18H18N2O3/c1-12-18(13(2)23-19-12)15-8-9-17(21)20(11-15)10-14-6-4-5-7-16(14)22-3/h4-9,11H,10H2,1-3H3. The van der Waals surface area contributed by atoms with E-state index in [-0.39, 0.29) is 5.56 Å². The Labute approximate surface area is 134 Å². The number of para-hydroxylation sites is 1. The second kappa shape index (κ2) is 6.12. The summed E-state index contributed by atoms with van der Waals surface area (Å²) in [5.41, 5.74) is 3.54. The molecule has 0 fully saturated rings. The third-order valence-corrected chi connectivity index (χ3v) is 3.84. The molecule has 23 heavy (non-hydrogen) atoms. The van der Waals surface area contributed by atoms with Gasteiger partial charge in [-0.25, -0.2) is 0 Å². The van der Waals surface area contributed by atoms with Crippen LogP contribution in [0.4, 0.5) is 0 Å². The number of aromatic nitrogens is 2. The highest BCUT2D eigenvalue weighted by Gasteiger charge is 2.13. The number of methoxy groups -OCH3 is 1. The smallest absolute Gasteiger partial charge is 0.250 e. The van der Waals surface area contributed by atoms with Crippen LogP contribution in [0.5, 0.6) is 5.75 Å². The normalized spacial score (nSPS) is 10.7. The summed E-state index contributed by atoms with van der Waals surface area (Å²) in [6.07, 6.45) is 1.83. The zero-order valence-electron chi connectivity index (χ0n) is 13.4. The molecule has 2 aromatic heterocycles. The molecule has 1 aromatic carbocycles. The molecule has 5 heteroatoms. The fraction of sp³-hybridized carbons (Fsp3) is 0.222. The molecule has 3 aromatic rings. The Morgan fingerprint density at radius 2 is 1.96 bits per heavy atom. The zero-order valence-corrected chi connectivity index (χ0v) is 13.4. The number of pyridine rings is 1. The maximum Gasteiger partial charge on any atom is 0.250 e. The molecule has 118 valence electrons. The van der Waals surface area contributed by atoms with E-state index in [1.807, 2.05) is 44.3 Å². The van der Waals surface area contributed by atoms with Crippen LogP contribution in [0.2, 0.25) is 0 Å². The Kier molecular flexibility index (Phi) is 4.02. The minimum absolute atomic E-state index is 0.0635. The van der Waals surface area contributed by atoms with Crippen LogP contribution < -0.4 is 10.3 Å². The van der Waals surface area contributed by atoms with Gasteiger partial charge in [0.15, 0.2) is 0 Å². The maximum absolute atomic E-state index is 12.2.